The number of ether oxygens (including phenoxy) is 1. The Morgan fingerprint density at radius 3 is 2.11 bits per heavy atom. The molecule has 3 aromatic carbocycles. The van der Waals surface area contributed by atoms with Gasteiger partial charge in [0, 0.05) is 28.0 Å². The van der Waals surface area contributed by atoms with Crippen LogP contribution in [0.25, 0.3) is 0 Å². The molecule has 3 aromatic rings. The minimum Gasteiger partial charge on any atom is -0.484 e. The molecule has 4 rings (SSSR count). The highest BCUT2D eigenvalue weighted by atomic mass is 79.9. The number of carbonyl (C=O) groups excluding carboxylic acids is 2. The normalized spacial score (nSPS) is 14.3. The van der Waals surface area contributed by atoms with E-state index in [4.69, 9.17) is 4.74 Å². The molecule has 188 valence electrons. The third-order valence-electron chi connectivity index (χ3n) is 6.41. The lowest BCUT2D eigenvalue weighted by Crippen LogP contribution is -2.53. The fourth-order valence-electron chi connectivity index (χ4n) is 4.47. The van der Waals surface area contributed by atoms with Gasteiger partial charge in [-0.3, -0.25) is 9.59 Å². The number of benzene rings is 3. The van der Waals surface area contributed by atoms with Crippen molar-refractivity contribution >= 4 is 43.7 Å². The summed E-state index contributed by atoms with van der Waals surface area (Å²) in [5.41, 5.74) is 1.95. The molecule has 0 aromatic heterocycles. The van der Waals surface area contributed by atoms with E-state index in [-0.39, 0.29) is 24.5 Å². The van der Waals surface area contributed by atoms with Crippen LogP contribution >= 0.6 is 31.9 Å². The van der Waals surface area contributed by atoms with Gasteiger partial charge in [0.15, 0.2) is 6.61 Å². The summed E-state index contributed by atoms with van der Waals surface area (Å²) in [6, 6.07) is 24.6. The Morgan fingerprint density at radius 1 is 0.861 bits per heavy atom. The summed E-state index contributed by atoms with van der Waals surface area (Å²) in [6.45, 7) is 0.158. The summed E-state index contributed by atoms with van der Waals surface area (Å²) < 4.78 is 7.72. The summed E-state index contributed by atoms with van der Waals surface area (Å²) in [7, 11) is 0. The molecular weight excluding hydrogens is 584 g/mol. The summed E-state index contributed by atoms with van der Waals surface area (Å²) in [4.78, 5) is 28.9. The Hall–Kier alpha value is -2.64. The third-order valence-corrected chi connectivity index (χ3v) is 7.47. The molecule has 0 aliphatic heterocycles. The second-order valence-corrected chi connectivity index (χ2v) is 10.9. The molecule has 1 atom stereocenters. The Labute approximate surface area is 229 Å². The molecule has 2 amide bonds. The molecule has 0 heterocycles. The standard InChI is InChI=1S/C29H30Br2N2O3/c30-23-12-10-22(11-13-23)19-33(28(34)20-36-26-16-14-24(31)15-17-26)27(18-21-6-2-1-3-7-21)29(35)32-25-8-4-5-9-25/h1-3,6-7,10-17,25,27H,4-5,8-9,18-20H2,(H,32,35). The van der Waals surface area contributed by atoms with Crippen LogP contribution in [0.4, 0.5) is 0 Å². The molecule has 5 nitrogen and oxygen atoms in total. The van der Waals surface area contributed by atoms with E-state index < -0.39 is 6.04 Å². The molecule has 1 unspecified atom stereocenters. The van der Waals surface area contributed by atoms with Crippen LogP contribution in [-0.4, -0.2) is 35.4 Å². The molecule has 36 heavy (non-hydrogen) atoms. The van der Waals surface area contributed by atoms with E-state index in [1.165, 1.54) is 0 Å². The molecule has 0 radical (unpaired) electrons. The van der Waals surface area contributed by atoms with Crippen molar-refractivity contribution in [2.45, 2.75) is 50.7 Å². The largest absolute Gasteiger partial charge is 0.484 e. The van der Waals surface area contributed by atoms with Gasteiger partial charge in [-0.25, -0.2) is 0 Å². The Morgan fingerprint density at radius 2 is 1.47 bits per heavy atom. The molecule has 1 aliphatic rings. The fraction of sp³-hybridized carbons (Fsp3) is 0.310. The van der Waals surface area contributed by atoms with Gasteiger partial charge in [0.1, 0.15) is 11.8 Å². The van der Waals surface area contributed by atoms with Crippen molar-refractivity contribution in [3.05, 3.63) is 98.9 Å². The van der Waals surface area contributed by atoms with Crippen LogP contribution in [0, 0.1) is 0 Å². The van der Waals surface area contributed by atoms with Gasteiger partial charge in [-0.1, -0.05) is 87.2 Å². The first-order chi connectivity index (χ1) is 17.5. The Bertz CT molecular complexity index is 1130. The molecule has 1 aliphatic carbocycles. The minimum atomic E-state index is -0.655. The zero-order chi connectivity index (χ0) is 25.3. The topological polar surface area (TPSA) is 58.6 Å². The quantitative estimate of drug-likeness (QED) is 0.292. The lowest BCUT2D eigenvalue weighted by molar-refractivity contribution is -0.143. The van der Waals surface area contributed by atoms with Crippen molar-refractivity contribution in [3.8, 4) is 5.75 Å². The van der Waals surface area contributed by atoms with E-state index in [2.05, 4.69) is 37.2 Å². The summed E-state index contributed by atoms with van der Waals surface area (Å²) >= 11 is 6.89. The number of halogens is 2. The maximum atomic E-state index is 13.6. The summed E-state index contributed by atoms with van der Waals surface area (Å²) in [6.07, 6.45) is 4.64. The number of carbonyl (C=O) groups is 2. The number of hydrogen-bond acceptors (Lipinski definition) is 3. The SMILES string of the molecule is O=C(NC1CCCC1)C(Cc1ccccc1)N(Cc1ccc(Br)cc1)C(=O)COc1ccc(Br)cc1. The summed E-state index contributed by atoms with van der Waals surface area (Å²) in [5, 5.41) is 3.22. The average molecular weight is 614 g/mol. The maximum Gasteiger partial charge on any atom is 0.261 e. The number of rotatable bonds is 10. The average Bonchev–Trinajstić information content (AvgIpc) is 3.40. The Kier molecular flexibility index (Phi) is 9.59. The minimum absolute atomic E-state index is 0.111. The maximum absolute atomic E-state index is 13.6. The van der Waals surface area contributed by atoms with E-state index in [9.17, 15) is 9.59 Å². The number of nitrogens with zero attached hydrogens (tertiary/aromatic N) is 1. The fourth-order valence-corrected chi connectivity index (χ4v) is 5.00. The van der Waals surface area contributed by atoms with Crippen LogP contribution in [0.5, 0.6) is 5.75 Å². The highest BCUT2D eigenvalue weighted by molar-refractivity contribution is 9.10. The number of amides is 2. The molecule has 1 N–H and O–H groups in total. The second-order valence-electron chi connectivity index (χ2n) is 9.09. The molecule has 0 spiro atoms. The number of nitrogens with one attached hydrogen (secondary N) is 1. The lowest BCUT2D eigenvalue weighted by Gasteiger charge is -2.32. The van der Waals surface area contributed by atoms with Crippen molar-refractivity contribution < 1.29 is 14.3 Å². The van der Waals surface area contributed by atoms with Crippen LogP contribution in [0.3, 0.4) is 0 Å². The van der Waals surface area contributed by atoms with Crippen LogP contribution in [0.1, 0.15) is 36.8 Å². The van der Waals surface area contributed by atoms with E-state index in [1.54, 1.807) is 4.90 Å². The van der Waals surface area contributed by atoms with Crippen molar-refractivity contribution in [2.75, 3.05) is 6.61 Å². The van der Waals surface area contributed by atoms with Crippen LogP contribution < -0.4 is 10.1 Å². The zero-order valence-electron chi connectivity index (χ0n) is 20.0. The molecule has 0 bridgehead atoms. The zero-order valence-corrected chi connectivity index (χ0v) is 23.2. The van der Waals surface area contributed by atoms with Crippen LogP contribution in [0.2, 0.25) is 0 Å². The van der Waals surface area contributed by atoms with E-state index in [1.807, 2.05) is 78.9 Å². The molecule has 0 saturated heterocycles. The van der Waals surface area contributed by atoms with Crippen molar-refractivity contribution in [3.63, 3.8) is 0 Å². The van der Waals surface area contributed by atoms with Crippen LogP contribution in [0.15, 0.2) is 87.8 Å². The molecule has 1 fully saturated rings. The van der Waals surface area contributed by atoms with E-state index >= 15 is 0 Å². The summed E-state index contributed by atoms with van der Waals surface area (Å²) in [5.74, 6) is 0.258. The smallest absolute Gasteiger partial charge is 0.261 e. The van der Waals surface area contributed by atoms with Gasteiger partial charge in [0.2, 0.25) is 5.91 Å². The third kappa shape index (κ3) is 7.68. The predicted octanol–water partition coefficient (Wildman–Crippen LogP) is 6.29. The van der Waals surface area contributed by atoms with Gasteiger partial charge in [-0.2, -0.15) is 0 Å². The van der Waals surface area contributed by atoms with Gasteiger partial charge in [-0.05, 0) is 60.4 Å². The van der Waals surface area contributed by atoms with Gasteiger partial charge < -0.3 is 15.0 Å². The van der Waals surface area contributed by atoms with Gasteiger partial charge in [0.05, 0.1) is 0 Å². The first kappa shape index (κ1) is 26.4. The van der Waals surface area contributed by atoms with Crippen molar-refractivity contribution in [1.82, 2.24) is 10.2 Å². The second kappa shape index (κ2) is 13.1. The van der Waals surface area contributed by atoms with Crippen LogP contribution in [-0.2, 0) is 22.6 Å². The highest BCUT2D eigenvalue weighted by Crippen LogP contribution is 2.21. The van der Waals surface area contributed by atoms with E-state index in [0.717, 1.165) is 45.8 Å². The van der Waals surface area contributed by atoms with Gasteiger partial charge in [0.25, 0.3) is 5.91 Å². The van der Waals surface area contributed by atoms with Gasteiger partial charge in [-0.15, -0.1) is 0 Å². The molecule has 1 saturated carbocycles. The molecule has 7 heteroatoms. The van der Waals surface area contributed by atoms with Crippen molar-refractivity contribution in [1.29, 1.82) is 0 Å². The lowest BCUT2D eigenvalue weighted by atomic mass is 10.0. The molecular formula is C29H30Br2N2O3. The highest BCUT2D eigenvalue weighted by Gasteiger charge is 2.32. The predicted molar refractivity (Wildman–Crippen MR) is 149 cm³/mol. The van der Waals surface area contributed by atoms with E-state index in [0.29, 0.717) is 18.7 Å². The first-order valence-corrected chi connectivity index (χ1v) is 13.8. The first-order valence-electron chi connectivity index (χ1n) is 12.2. The monoisotopic (exact) mass is 612 g/mol. The van der Waals surface area contributed by atoms with Gasteiger partial charge >= 0.3 is 0 Å². The van der Waals surface area contributed by atoms with Crippen molar-refractivity contribution in [2.24, 2.45) is 0 Å². The number of hydrogen-bond donors (Lipinski definition) is 1. The Balaban J connectivity index is 1.59.